The van der Waals surface area contributed by atoms with Crippen molar-refractivity contribution in [3.8, 4) is 0 Å². The number of carbonyl (C=O) groups excluding carboxylic acids is 2. The van der Waals surface area contributed by atoms with E-state index < -0.39 is 24.3 Å². The number of aromatic amines is 1. The topological polar surface area (TPSA) is 108 Å². The van der Waals surface area contributed by atoms with Crippen molar-refractivity contribution in [3.05, 3.63) is 49.9 Å². The molecule has 2 aliphatic carbocycles. The van der Waals surface area contributed by atoms with Crippen LogP contribution in [0.15, 0.2) is 34.1 Å². The number of hydrogen-bond acceptors (Lipinski definition) is 6. The molecule has 1 saturated heterocycles. The van der Waals surface area contributed by atoms with Gasteiger partial charge in [-0.15, -0.1) is 11.8 Å². The summed E-state index contributed by atoms with van der Waals surface area (Å²) in [6, 6.07) is 8.33. The SMILES string of the molecule is Cc1ccc(C2c3sc(=O)[nH]c3SC3C4CC(C5C(=O)N(CC(=O)O)C(=O)C45)C23)cc1. The van der Waals surface area contributed by atoms with Gasteiger partial charge in [-0.25, -0.2) is 0 Å². The maximum absolute atomic E-state index is 13.1. The van der Waals surface area contributed by atoms with Crippen LogP contribution < -0.4 is 4.87 Å². The van der Waals surface area contributed by atoms with Gasteiger partial charge in [0, 0.05) is 16.0 Å². The molecule has 7 atom stereocenters. The van der Waals surface area contributed by atoms with Crippen LogP contribution in [0.5, 0.6) is 0 Å². The molecule has 9 heteroatoms. The second-order valence-corrected chi connectivity index (χ2v) is 11.2. The van der Waals surface area contributed by atoms with Crippen LogP contribution in [0.4, 0.5) is 0 Å². The minimum absolute atomic E-state index is 0.00169. The Balaban J connectivity index is 1.45. The van der Waals surface area contributed by atoms with Gasteiger partial charge in [0.05, 0.1) is 16.9 Å². The molecule has 1 aromatic heterocycles. The third kappa shape index (κ3) is 2.59. The van der Waals surface area contributed by atoms with Gasteiger partial charge >= 0.3 is 10.8 Å². The summed E-state index contributed by atoms with van der Waals surface area (Å²) in [7, 11) is 0. The summed E-state index contributed by atoms with van der Waals surface area (Å²) in [6.45, 7) is 1.47. The molecule has 2 aliphatic heterocycles. The second-order valence-electron chi connectivity index (χ2n) is 9.03. The minimum atomic E-state index is -1.17. The van der Waals surface area contributed by atoms with E-state index in [9.17, 15) is 24.3 Å². The number of benzene rings is 1. The number of carboxylic acids is 1. The third-order valence-electron chi connectivity index (χ3n) is 7.55. The molecule has 31 heavy (non-hydrogen) atoms. The van der Waals surface area contributed by atoms with Crippen molar-refractivity contribution < 1.29 is 19.5 Å². The Kier molecular flexibility index (Phi) is 4.08. The first-order valence-electron chi connectivity index (χ1n) is 10.4. The van der Waals surface area contributed by atoms with Crippen LogP contribution in [0.3, 0.4) is 0 Å². The van der Waals surface area contributed by atoms with Crippen LogP contribution in [0.25, 0.3) is 0 Å². The summed E-state index contributed by atoms with van der Waals surface area (Å²) in [4.78, 5) is 54.4. The van der Waals surface area contributed by atoms with Crippen molar-refractivity contribution in [1.82, 2.24) is 9.88 Å². The molecule has 160 valence electrons. The Morgan fingerprint density at radius 1 is 1.13 bits per heavy atom. The largest absolute Gasteiger partial charge is 0.480 e. The molecule has 6 rings (SSSR count). The summed E-state index contributed by atoms with van der Waals surface area (Å²) < 4.78 is 0. The van der Waals surface area contributed by atoms with Crippen molar-refractivity contribution in [2.75, 3.05) is 6.54 Å². The van der Waals surface area contributed by atoms with Gasteiger partial charge in [-0.2, -0.15) is 0 Å². The monoisotopic (exact) mass is 456 g/mol. The highest BCUT2D eigenvalue weighted by Crippen LogP contribution is 2.68. The predicted molar refractivity (Wildman–Crippen MR) is 114 cm³/mol. The molecule has 4 aliphatic rings. The molecule has 2 saturated carbocycles. The average molecular weight is 457 g/mol. The van der Waals surface area contributed by atoms with Gasteiger partial charge in [-0.05, 0) is 36.7 Å². The van der Waals surface area contributed by atoms with Crippen LogP contribution in [0.2, 0.25) is 0 Å². The molecular formula is C22H20N2O5S2. The van der Waals surface area contributed by atoms with Crippen LogP contribution >= 0.6 is 23.1 Å². The number of H-pyrrole nitrogens is 1. The number of imide groups is 1. The maximum Gasteiger partial charge on any atom is 0.323 e. The fraction of sp³-hybridized carbons (Fsp3) is 0.455. The number of rotatable bonds is 3. The van der Waals surface area contributed by atoms with E-state index in [0.29, 0.717) is 0 Å². The van der Waals surface area contributed by atoms with Gasteiger partial charge < -0.3 is 10.1 Å². The third-order valence-corrected chi connectivity index (χ3v) is 10.1. The summed E-state index contributed by atoms with van der Waals surface area (Å²) in [5.74, 6) is -2.54. The molecule has 0 radical (unpaired) electrons. The standard InChI is InChI=1S/C22H20N2O5S2/c1-8-2-4-9(5-3-8)13-14-10-6-11(17(14)30-19-18(13)31-22(29)23-19)16-15(10)20(27)24(21(16)28)7-12(25)26/h2-5,10-11,13-17H,6-7H2,1H3,(H,23,29)(H,25,26). The van der Waals surface area contributed by atoms with Gasteiger partial charge in [-0.1, -0.05) is 41.2 Å². The zero-order valence-corrected chi connectivity index (χ0v) is 18.2. The molecule has 2 bridgehead atoms. The molecule has 3 heterocycles. The first-order valence-corrected chi connectivity index (χ1v) is 12.1. The fourth-order valence-corrected chi connectivity index (χ4v) is 9.41. The van der Waals surface area contributed by atoms with Crippen molar-refractivity contribution in [2.24, 2.45) is 29.6 Å². The normalized spacial score (nSPS) is 35.3. The van der Waals surface area contributed by atoms with E-state index >= 15 is 0 Å². The molecule has 0 spiro atoms. The molecule has 7 unspecified atom stereocenters. The number of amides is 2. The molecule has 7 nitrogen and oxygen atoms in total. The van der Waals surface area contributed by atoms with E-state index in [0.717, 1.165) is 32.4 Å². The number of nitrogens with one attached hydrogen (secondary N) is 1. The molecule has 2 N–H and O–H groups in total. The Morgan fingerprint density at radius 2 is 1.81 bits per heavy atom. The summed E-state index contributed by atoms with van der Waals surface area (Å²) >= 11 is 2.87. The van der Waals surface area contributed by atoms with Gasteiger partial charge in [-0.3, -0.25) is 24.1 Å². The van der Waals surface area contributed by atoms with E-state index in [4.69, 9.17) is 0 Å². The van der Waals surface area contributed by atoms with Crippen molar-refractivity contribution in [2.45, 2.75) is 29.5 Å². The zero-order valence-electron chi connectivity index (χ0n) is 16.6. The molecule has 1 aromatic carbocycles. The summed E-state index contributed by atoms with van der Waals surface area (Å²) in [5, 5.41) is 10.2. The van der Waals surface area contributed by atoms with Crippen molar-refractivity contribution in [1.29, 1.82) is 0 Å². The molecule has 2 aromatic rings. The Bertz CT molecular complexity index is 1190. The number of aliphatic carboxylic acids is 1. The Labute approximate surface area is 185 Å². The highest BCUT2D eigenvalue weighted by atomic mass is 32.2. The van der Waals surface area contributed by atoms with Crippen molar-refractivity contribution >= 4 is 40.9 Å². The van der Waals surface area contributed by atoms with Crippen LogP contribution in [-0.2, 0) is 14.4 Å². The Hall–Kier alpha value is -2.39. The lowest BCUT2D eigenvalue weighted by Gasteiger charge is -2.43. The molecule has 2 amide bonds. The van der Waals surface area contributed by atoms with Crippen LogP contribution in [-0.4, -0.2) is 44.6 Å². The van der Waals surface area contributed by atoms with Gasteiger partial charge in [0.1, 0.15) is 6.54 Å². The van der Waals surface area contributed by atoms with Crippen LogP contribution in [0.1, 0.15) is 28.3 Å². The number of thioether (sulfide) groups is 1. The lowest BCUT2D eigenvalue weighted by molar-refractivity contribution is -0.149. The number of thiazole rings is 1. The Morgan fingerprint density at radius 3 is 2.48 bits per heavy atom. The lowest BCUT2D eigenvalue weighted by Crippen LogP contribution is -2.42. The first kappa shape index (κ1) is 19.3. The van der Waals surface area contributed by atoms with Gasteiger partial charge in [0.25, 0.3) is 0 Å². The lowest BCUT2D eigenvalue weighted by atomic mass is 9.68. The number of nitrogens with zero attached hydrogens (tertiary/aromatic N) is 1. The van der Waals surface area contributed by atoms with E-state index in [-0.39, 0.29) is 45.6 Å². The first-order chi connectivity index (χ1) is 14.8. The summed E-state index contributed by atoms with van der Waals surface area (Å²) in [5.41, 5.74) is 2.28. The number of aromatic nitrogens is 1. The molecular weight excluding hydrogens is 436 g/mol. The number of fused-ring (bicyclic) bond motifs is 9. The highest BCUT2D eigenvalue weighted by Gasteiger charge is 2.69. The van der Waals surface area contributed by atoms with Gasteiger partial charge in [0.2, 0.25) is 11.8 Å². The number of carbonyl (C=O) groups is 3. The number of aryl methyl sites for hydroxylation is 1. The predicted octanol–water partition coefficient (Wildman–Crippen LogP) is 2.30. The number of hydrogen-bond donors (Lipinski definition) is 2. The fourth-order valence-electron chi connectivity index (χ4n) is 6.52. The quantitative estimate of drug-likeness (QED) is 0.687. The average Bonchev–Trinajstić information content (AvgIpc) is 3.44. The van der Waals surface area contributed by atoms with E-state index in [2.05, 4.69) is 29.2 Å². The summed E-state index contributed by atoms with van der Waals surface area (Å²) in [6.07, 6.45) is 0.803. The second kappa shape index (κ2) is 6.56. The molecule has 3 fully saturated rings. The van der Waals surface area contributed by atoms with E-state index in [1.165, 1.54) is 11.3 Å². The zero-order chi connectivity index (χ0) is 21.6. The van der Waals surface area contributed by atoms with Gasteiger partial charge in [0.15, 0.2) is 0 Å². The smallest absolute Gasteiger partial charge is 0.323 e. The van der Waals surface area contributed by atoms with E-state index in [1.807, 2.05) is 6.92 Å². The number of carboxylic acid groups (broad SMARTS) is 1. The maximum atomic E-state index is 13.1. The van der Waals surface area contributed by atoms with Crippen LogP contribution in [0, 0.1) is 36.5 Å². The number of likely N-dealkylation sites (tertiary alicyclic amines) is 1. The highest BCUT2D eigenvalue weighted by molar-refractivity contribution is 8.00. The minimum Gasteiger partial charge on any atom is -0.480 e. The van der Waals surface area contributed by atoms with E-state index in [1.54, 1.807) is 11.8 Å². The van der Waals surface area contributed by atoms with Crippen molar-refractivity contribution in [3.63, 3.8) is 0 Å².